The van der Waals surface area contributed by atoms with E-state index in [1.165, 1.54) is 18.2 Å². The molecule has 4 nitrogen and oxygen atoms in total. The lowest BCUT2D eigenvalue weighted by molar-refractivity contribution is 0.126. The third kappa shape index (κ3) is 4.23. The highest BCUT2D eigenvalue weighted by Gasteiger charge is 2.26. The van der Waals surface area contributed by atoms with Crippen LogP contribution in [-0.4, -0.2) is 37.2 Å². The molecule has 1 saturated heterocycles. The summed E-state index contributed by atoms with van der Waals surface area (Å²) in [6.45, 7) is 7.24. The van der Waals surface area contributed by atoms with Crippen molar-refractivity contribution in [2.75, 3.05) is 20.2 Å². The van der Waals surface area contributed by atoms with Crippen molar-refractivity contribution in [2.24, 2.45) is 5.92 Å². The number of carbonyl (C=O) groups is 1. The van der Waals surface area contributed by atoms with Crippen molar-refractivity contribution in [2.45, 2.75) is 32.9 Å². The van der Waals surface area contributed by atoms with Crippen LogP contribution in [0.1, 0.15) is 24.5 Å². The van der Waals surface area contributed by atoms with Crippen molar-refractivity contribution in [1.82, 2.24) is 10.2 Å². The average Bonchev–Trinajstić information content (AvgIpc) is 2.37. The Labute approximate surface area is 121 Å². The normalized spacial score (nSPS) is 23.4. The first-order valence-electron chi connectivity index (χ1n) is 7.19. The van der Waals surface area contributed by atoms with Crippen molar-refractivity contribution in [3.8, 4) is 0 Å². The van der Waals surface area contributed by atoms with Gasteiger partial charge in [-0.3, -0.25) is 4.90 Å². The number of methoxy groups -OCH3 is 1. The lowest BCUT2D eigenvalue weighted by Crippen LogP contribution is -2.49. The van der Waals surface area contributed by atoms with Crippen LogP contribution < -0.4 is 5.32 Å². The molecule has 4 heteroatoms. The van der Waals surface area contributed by atoms with Gasteiger partial charge in [0.25, 0.3) is 0 Å². The molecule has 0 radical (unpaired) electrons. The van der Waals surface area contributed by atoms with Gasteiger partial charge in [-0.05, 0) is 24.8 Å². The molecule has 0 spiro atoms. The molecule has 1 aromatic rings. The fourth-order valence-electron chi connectivity index (χ4n) is 2.99. The van der Waals surface area contributed by atoms with Crippen molar-refractivity contribution < 1.29 is 9.53 Å². The highest BCUT2D eigenvalue weighted by atomic mass is 16.5. The summed E-state index contributed by atoms with van der Waals surface area (Å²) in [6, 6.07) is 8.78. The van der Waals surface area contributed by atoms with Gasteiger partial charge in [-0.15, -0.1) is 0 Å². The molecule has 1 aliphatic rings. The van der Waals surface area contributed by atoms with Crippen molar-refractivity contribution >= 4 is 6.09 Å². The van der Waals surface area contributed by atoms with Crippen LogP contribution in [0.15, 0.2) is 24.3 Å². The number of piperidine rings is 1. The second kappa shape index (κ2) is 6.75. The molecule has 20 heavy (non-hydrogen) atoms. The Morgan fingerprint density at radius 3 is 2.95 bits per heavy atom. The van der Waals surface area contributed by atoms with Gasteiger partial charge in [0.15, 0.2) is 0 Å². The molecule has 2 atom stereocenters. The third-order valence-electron chi connectivity index (χ3n) is 3.73. The van der Waals surface area contributed by atoms with E-state index in [-0.39, 0.29) is 12.1 Å². The summed E-state index contributed by atoms with van der Waals surface area (Å²) in [5.74, 6) is 0.579. The molecule has 1 heterocycles. The van der Waals surface area contributed by atoms with Gasteiger partial charge in [-0.2, -0.15) is 0 Å². The predicted molar refractivity (Wildman–Crippen MR) is 79.6 cm³/mol. The van der Waals surface area contributed by atoms with E-state index >= 15 is 0 Å². The summed E-state index contributed by atoms with van der Waals surface area (Å²) < 4.78 is 4.69. The van der Waals surface area contributed by atoms with Crippen molar-refractivity contribution in [1.29, 1.82) is 0 Å². The van der Waals surface area contributed by atoms with Crippen LogP contribution in [0, 0.1) is 12.8 Å². The molecule has 0 bridgehead atoms. The highest BCUT2D eigenvalue weighted by molar-refractivity contribution is 5.67. The monoisotopic (exact) mass is 276 g/mol. The van der Waals surface area contributed by atoms with Gasteiger partial charge >= 0.3 is 6.09 Å². The summed E-state index contributed by atoms with van der Waals surface area (Å²) in [4.78, 5) is 13.8. The first-order valence-corrected chi connectivity index (χ1v) is 7.19. The number of amides is 1. The van der Waals surface area contributed by atoms with Gasteiger partial charge in [0, 0.05) is 25.7 Å². The minimum atomic E-state index is -0.334. The van der Waals surface area contributed by atoms with E-state index in [0.717, 1.165) is 26.1 Å². The number of likely N-dealkylation sites (tertiary alicyclic amines) is 1. The lowest BCUT2D eigenvalue weighted by atomic mass is 9.95. The number of carbonyl (C=O) groups excluding carboxylic acids is 1. The summed E-state index contributed by atoms with van der Waals surface area (Å²) in [5.41, 5.74) is 2.62. The Kier molecular flexibility index (Phi) is 5.01. The molecule has 0 saturated carbocycles. The minimum absolute atomic E-state index is 0.177. The Balaban J connectivity index is 1.95. The highest BCUT2D eigenvalue weighted by Crippen LogP contribution is 2.19. The van der Waals surface area contributed by atoms with Gasteiger partial charge in [-0.25, -0.2) is 4.79 Å². The molecule has 1 fully saturated rings. The number of benzene rings is 1. The Hall–Kier alpha value is -1.55. The van der Waals surface area contributed by atoms with Crippen molar-refractivity contribution in [3.63, 3.8) is 0 Å². The Morgan fingerprint density at radius 2 is 2.25 bits per heavy atom. The maximum Gasteiger partial charge on any atom is 0.407 e. The average molecular weight is 276 g/mol. The number of rotatable bonds is 3. The zero-order chi connectivity index (χ0) is 14.5. The molecule has 110 valence electrons. The predicted octanol–water partition coefficient (Wildman–Crippen LogP) is 2.56. The van der Waals surface area contributed by atoms with Crippen LogP contribution in [0.2, 0.25) is 0 Å². The fourth-order valence-corrected chi connectivity index (χ4v) is 2.99. The molecule has 0 aliphatic carbocycles. The number of nitrogens with one attached hydrogen (secondary N) is 1. The van der Waals surface area contributed by atoms with Crippen LogP contribution in [0.4, 0.5) is 4.79 Å². The first-order chi connectivity index (χ1) is 9.56. The number of aryl methyl sites for hydroxylation is 1. The van der Waals surface area contributed by atoms with Crippen molar-refractivity contribution in [3.05, 3.63) is 35.4 Å². The molecular weight excluding hydrogens is 252 g/mol. The van der Waals surface area contributed by atoms with Gasteiger partial charge in [0.05, 0.1) is 7.11 Å². The standard InChI is InChI=1S/C16H24N2O2/c1-12-5-4-6-14(7-12)10-18-9-13(2)8-15(11-18)17-16(19)20-3/h4-7,13,15H,8-11H2,1-3H3,(H,17,19). The van der Waals surface area contributed by atoms with Gasteiger partial charge in [0.2, 0.25) is 0 Å². The third-order valence-corrected chi connectivity index (χ3v) is 3.73. The van der Waals surface area contributed by atoms with Crippen LogP contribution >= 0.6 is 0 Å². The van der Waals surface area contributed by atoms with Crippen LogP contribution in [0.3, 0.4) is 0 Å². The molecule has 1 aliphatic heterocycles. The van der Waals surface area contributed by atoms with E-state index < -0.39 is 0 Å². The Morgan fingerprint density at radius 1 is 1.45 bits per heavy atom. The lowest BCUT2D eigenvalue weighted by Gasteiger charge is -2.36. The molecular formula is C16H24N2O2. The number of hydrogen-bond acceptors (Lipinski definition) is 3. The smallest absolute Gasteiger partial charge is 0.407 e. The van der Waals surface area contributed by atoms with Gasteiger partial charge in [-0.1, -0.05) is 36.8 Å². The Bertz CT molecular complexity index is 462. The molecule has 2 rings (SSSR count). The topological polar surface area (TPSA) is 41.6 Å². The molecule has 1 aromatic carbocycles. The van der Waals surface area contributed by atoms with E-state index in [0.29, 0.717) is 5.92 Å². The maximum absolute atomic E-state index is 11.3. The number of nitrogens with zero attached hydrogens (tertiary/aromatic N) is 1. The minimum Gasteiger partial charge on any atom is -0.453 e. The molecule has 0 aromatic heterocycles. The van der Waals surface area contributed by atoms with E-state index in [1.54, 1.807) is 0 Å². The van der Waals surface area contributed by atoms with Gasteiger partial charge < -0.3 is 10.1 Å². The fraction of sp³-hybridized carbons (Fsp3) is 0.562. The second-order valence-corrected chi connectivity index (χ2v) is 5.86. The number of alkyl carbamates (subject to hydrolysis) is 1. The van der Waals surface area contributed by atoms with E-state index in [1.807, 2.05) is 0 Å². The number of hydrogen-bond donors (Lipinski definition) is 1. The zero-order valence-corrected chi connectivity index (χ0v) is 12.6. The summed E-state index contributed by atoms with van der Waals surface area (Å²) in [7, 11) is 1.41. The van der Waals surface area contributed by atoms with E-state index in [4.69, 9.17) is 0 Å². The molecule has 1 amide bonds. The first kappa shape index (κ1) is 14.9. The maximum atomic E-state index is 11.3. The molecule has 1 N–H and O–H groups in total. The van der Waals surface area contributed by atoms with Crippen LogP contribution in [-0.2, 0) is 11.3 Å². The molecule has 2 unspecified atom stereocenters. The second-order valence-electron chi connectivity index (χ2n) is 5.86. The summed E-state index contributed by atoms with van der Waals surface area (Å²) in [6.07, 6.45) is 0.680. The van der Waals surface area contributed by atoms with E-state index in [9.17, 15) is 4.79 Å². The summed E-state index contributed by atoms with van der Waals surface area (Å²) >= 11 is 0. The van der Waals surface area contributed by atoms with E-state index in [2.05, 4.69) is 53.1 Å². The SMILES string of the molecule is COC(=O)NC1CC(C)CN(Cc2cccc(C)c2)C1. The zero-order valence-electron chi connectivity index (χ0n) is 12.6. The summed E-state index contributed by atoms with van der Waals surface area (Å²) in [5, 5.41) is 2.92. The van der Waals surface area contributed by atoms with Crippen LogP contribution in [0.25, 0.3) is 0 Å². The quantitative estimate of drug-likeness (QED) is 0.922. The number of ether oxygens (including phenoxy) is 1. The van der Waals surface area contributed by atoms with Gasteiger partial charge in [0.1, 0.15) is 0 Å². The van der Waals surface area contributed by atoms with Crippen LogP contribution in [0.5, 0.6) is 0 Å². The largest absolute Gasteiger partial charge is 0.453 e.